The molecule has 8 heteroatoms. The van der Waals surface area contributed by atoms with Crippen molar-refractivity contribution in [3.05, 3.63) is 33.0 Å². The molecule has 2 heterocycles. The molecule has 2 aromatic rings. The molecule has 2 aromatic heterocycles. The van der Waals surface area contributed by atoms with Crippen LogP contribution in [0.4, 0.5) is 5.82 Å². The Morgan fingerprint density at radius 1 is 1.35 bits per heavy atom. The highest BCUT2D eigenvalue weighted by Crippen LogP contribution is 2.17. The Morgan fingerprint density at radius 2 is 2.10 bits per heavy atom. The van der Waals surface area contributed by atoms with Crippen LogP contribution in [-0.4, -0.2) is 25.8 Å². The summed E-state index contributed by atoms with van der Waals surface area (Å²) in [6, 6.07) is 0. The second kappa shape index (κ2) is 5.91. The number of hydrogen-bond acceptors (Lipinski definition) is 6. The number of nitrogen functional groups attached to an aromatic ring is 1. The first-order chi connectivity index (χ1) is 9.58. The van der Waals surface area contributed by atoms with Crippen molar-refractivity contribution in [1.29, 1.82) is 0 Å². The number of fused-ring (bicyclic) bond motifs is 1. The normalized spacial score (nSPS) is 11.5. The van der Waals surface area contributed by atoms with Gasteiger partial charge >= 0.3 is 5.69 Å². The van der Waals surface area contributed by atoms with Crippen LogP contribution in [0, 0.1) is 0 Å². The van der Waals surface area contributed by atoms with E-state index < -0.39 is 11.2 Å². The molecule has 20 heavy (non-hydrogen) atoms. The average molecular weight is 293 g/mol. The van der Waals surface area contributed by atoms with Crippen LogP contribution in [-0.2, 0) is 6.54 Å². The molecular weight excluding hydrogens is 278 g/mol. The van der Waals surface area contributed by atoms with Gasteiger partial charge in [-0.05, 0) is 12.7 Å². The first-order valence-electron chi connectivity index (χ1n) is 6.07. The van der Waals surface area contributed by atoms with Gasteiger partial charge in [0, 0.05) is 6.54 Å². The molecule has 106 valence electrons. The van der Waals surface area contributed by atoms with E-state index in [1.54, 1.807) is 6.26 Å². The summed E-state index contributed by atoms with van der Waals surface area (Å²) in [5.74, 6) is 0.0776. The number of allylic oxidation sites excluding steroid dienone is 2. The molecule has 7 nitrogen and oxygen atoms in total. The van der Waals surface area contributed by atoms with Crippen LogP contribution in [0.1, 0.15) is 13.3 Å². The van der Waals surface area contributed by atoms with Gasteiger partial charge in [0.25, 0.3) is 5.56 Å². The van der Waals surface area contributed by atoms with Crippen LogP contribution in [0.3, 0.4) is 0 Å². The molecule has 0 aromatic carbocycles. The van der Waals surface area contributed by atoms with Crippen LogP contribution in [0.15, 0.2) is 26.9 Å². The van der Waals surface area contributed by atoms with Crippen LogP contribution < -0.4 is 17.0 Å². The number of nitrogens with one attached hydrogen (secondary N) is 1. The zero-order chi connectivity index (χ0) is 14.7. The second-order valence-corrected chi connectivity index (χ2v) is 4.82. The van der Waals surface area contributed by atoms with Crippen molar-refractivity contribution in [3.63, 3.8) is 0 Å². The van der Waals surface area contributed by atoms with E-state index in [-0.39, 0.29) is 16.9 Å². The maximum Gasteiger partial charge on any atom is 0.330 e. The van der Waals surface area contributed by atoms with Gasteiger partial charge in [-0.1, -0.05) is 30.8 Å². The Morgan fingerprint density at radius 3 is 2.75 bits per heavy atom. The fraction of sp³-hybridized carbons (Fsp3) is 0.333. The van der Waals surface area contributed by atoms with Gasteiger partial charge < -0.3 is 5.73 Å². The van der Waals surface area contributed by atoms with Crippen molar-refractivity contribution < 1.29 is 0 Å². The standard InChI is InChI=1S/C12H15N5O2S/c1-3-4-5-6-17-9-7(10(18)16-12(17)19)8(13)14-11(15-9)20-2/h4-5H,3,6H2,1-2H3,(H2,13,14,15)(H,16,18,19). The Kier molecular flexibility index (Phi) is 4.23. The van der Waals surface area contributed by atoms with E-state index in [0.29, 0.717) is 11.7 Å². The number of hydrogen-bond donors (Lipinski definition) is 2. The lowest BCUT2D eigenvalue weighted by Crippen LogP contribution is -2.31. The largest absolute Gasteiger partial charge is 0.383 e. The average Bonchev–Trinajstić information content (AvgIpc) is 2.41. The third-order valence-electron chi connectivity index (χ3n) is 2.72. The molecule has 0 spiro atoms. The van der Waals surface area contributed by atoms with Gasteiger partial charge in [0.2, 0.25) is 0 Å². The molecule has 0 atom stereocenters. The Bertz CT molecular complexity index is 778. The van der Waals surface area contributed by atoms with Gasteiger partial charge in [0.15, 0.2) is 10.8 Å². The first kappa shape index (κ1) is 14.3. The van der Waals surface area contributed by atoms with Gasteiger partial charge in [-0.2, -0.15) is 0 Å². The first-order valence-corrected chi connectivity index (χ1v) is 7.30. The highest BCUT2D eigenvalue weighted by Gasteiger charge is 2.13. The van der Waals surface area contributed by atoms with Crippen molar-refractivity contribution in [2.75, 3.05) is 12.0 Å². The van der Waals surface area contributed by atoms with Crippen molar-refractivity contribution in [1.82, 2.24) is 19.5 Å². The van der Waals surface area contributed by atoms with Gasteiger partial charge in [-0.15, -0.1) is 0 Å². The molecule has 2 rings (SSSR count). The Labute approximate surface area is 118 Å². The van der Waals surface area contributed by atoms with Crippen molar-refractivity contribution in [2.45, 2.75) is 25.0 Å². The number of aromatic nitrogens is 4. The number of aromatic amines is 1. The number of nitrogens with zero attached hydrogens (tertiary/aromatic N) is 3. The molecule has 0 saturated heterocycles. The molecular formula is C12H15N5O2S. The number of rotatable bonds is 4. The van der Waals surface area contributed by atoms with Crippen molar-refractivity contribution >= 4 is 28.6 Å². The van der Waals surface area contributed by atoms with Gasteiger partial charge in [0.1, 0.15) is 11.2 Å². The van der Waals surface area contributed by atoms with Crippen LogP contribution in [0.2, 0.25) is 0 Å². The summed E-state index contributed by atoms with van der Waals surface area (Å²) < 4.78 is 1.38. The summed E-state index contributed by atoms with van der Waals surface area (Å²) in [5.41, 5.74) is 4.98. The lowest BCUT2D eigenvalue weighted by molar-refractivity contribution is 0.751. The predicted molar refractivity (Wildman–Crippen MR) is 80.0 cm³/mol. The van der Waals surface area contributed by atoms with E-state index in [2.05, 4.69) is 15.0 Å². The maximum atomic E-state index is 11.9. The maximum absolute atomic E-state index is 11.9. The summed E-state index contributed by atoms with van der Waals surface area (Å²) in [5, 5.41) is 0.570. The Balaban J connectivity index is 2.78. The van der Waals surface area contributed by atoms with E-state index >= 15 is 0 Å². The second-order valence-electron chi connectivity index (χ2n) is 4.04. The number of H-pyrrole nitrogens is 1. The molecule has 0 unspecified atom stereocenters. The molecule has 0 aliphatic rings. The quantitative estimate of drug-likeness (QED) is 0.489. The van der Waals surface area contributed by atoms with E-state index in [9.17, 15) is 9.59 Å². The zero-order valence-corrected chi connectivity index (χ0v) is 12.0. The molecule has 0 amide bonds. The van der Waals surface area contributed by atoms with Crippen LogP contribution >= 0.6 is 11.8 Å². The molecule has 0 saturated carbocycles. The van der Waals surface area contributed by atoms with Gasteiger partial charge in [-0.3, -0.25) is 14.3 Å². The van der Waals surface area contributed by atoms with E-state index in [1.807, 2.05) is 19.1 Å². The van der Waals surface area contributed by atoms with Crippen molar-refractivity contribution in [2.24, 2.45) is 0 Å². The highest BCUT2D eigenvalue weighted by atomic mass is 32.2. The smallest absolute Gasteiger partial charge is 0.330 e. The fourth-order valence-electron chi connectivity index (χ4n) is 1.79. The SMILES string of the molecule is CCC=CCn1c(=O)[nH]c(=O)c2c(N)nc(SC)nc21. The number of anilines is 1. The van der Waals surface area contributed by atoms with E-state index in [0.717, 1.165) is 6.42 Å². The minimum Gasteiger partial charge on any atom is -0.383 e. The van der Waals surface area contributed by atoms with Crippen LogP contribution in [0.25, 0.3) is 11.0 Å². The zero-order valence-electron chi connectivity index (χ0n) is 11.2. The van der Waals surface area contributed by atoms with E-state index in [1.165, 1.54) is 16.3 Å². The van der Waals surface area contributed by atoms with Gasteiger partial charge in [-0.25, -0.2) is 14.8 Å². The lowest BCUT2D eigenvalue weighted by Gasteiger charge is -2.08. The van der Waals surface area contributed by atoms with Gasteiger partial charge in [0.05, 0.1) is 0 Å². The Hall–Kier alpha value is -2.09. The molecule has 0 radical (unpaired) electrons. The number of thioether (sulfide) groups is 1. The fourth-order valence-corrected chi connectivity index (χ4v) is 2.16. The summed E-state index contributed by atoms with van der Waals surface area (Å²) in [6.45, 7) is 2.32. The summed E-state index contributed by atoms with van der Waals surface area (Å²) in [6.07, 6.45) is 6.44. The molecule has 0 aliphatic carbocycles. The third-order valence-corrected chi connectivity index (χ3v) is 3.27. The molecule has 3 N–H and O–H groups in total. The topological polar surface area (TPSA) is 107 Å². The lowest BCUT2D eigenvalue weighted by atomic mass is 10.3. The molecule has 0 bridgehead atoms. The van der Waals surface area contributed by atoms with E-state index in [4.69, 9.17) is 5.73 Å². The minimum absolute atomic E-state index is 0.0776. The van der Waals surface area contributed by atoms with Crippen LogP contribution in [0.5, 0.6) is 0 Å². The summed E-state index contributed by atoms with van der Waals surface area (Å²) in [7, 11) is 0. The van der Waals surface area contributed by atoms with Crippen molar-refractivity contribution in [3.8, 4) is 0 Å². The molecule has 0 fully saturated rings. The summed E-state index contributed by atoms with van der Waals surface area (Å²) >= 11 is 1.30. The predicted octanol–water partition coefficient (Wildman–Crippen LogP) is 0.750. The highest BCUT2D eigenvalue weighted by molar-refractivity contribution is 7.98. The minimum atomic E-state index is -0.564. The number of nitrogens with two attached hydrogens (primary N) is 1. The summed E-state index contributed by atoms with van der Waals surface area (Å²) in [4.78, 5) is 34.3. The molecule has 0 aliphatic heterocycles. The third kappa shape index (κ3) is 2.60. The monoisotopic (exact) mass is 293 g/mol.